The summed E-state index contributed by atoms with van der Waals surface area (Å²) in [5, 5.41) is 0. The Labute approximate surface area is 159 Å². The topological polar surface area (TPSA) is 19.0 Å². The van der Waals surface area contributed by atoms with Crippen molar-refractivity contribution in [1.82, 2.24) is 9.80 Å². The zero-order valence-electron chi connectivity index (χ0n) is 16.5. The van der Waals surface area contributed by atoms with Gasteiger partial charge in [0.05, 0.1) is 6.61 Å². The van der Waals surface area contributed by atoms with Crippen molar-refractivity contribution in [3.05, 3.63) is 23.8 Å². The quantitative estimate of drug-likeness (QED) is 0.696. The van der Waals surface area contributed by atoms with Gasteiger partial charge in [0.1, 0.15) is 5.75 Å². The highest BCUT2D eigenvalue weighted by Gasteiger charge is 2.27. The second-order valence-electron chi connectivity index (χ2n) is 8.37. The summed E-state index contributed by atoms with van der Waals surface area (Å²) < 4.78 is 6.05. The van der Waals surface area contributed by atoms with Crippen LogP contribution in [0.15, 0.2) is 18.2 Å². The fraction of sp³-hybridized carbons (Fsp3) is 0.727. The largest absolute Gasteiger partial charge is 0.494 e. The molecule has 1 aromatic carbocycles. The van der Waals surface area contributed by atoms with Crippen LogP contribution in [0.5, 0.6) is 5.75 Å². The highest BCUT2D eigenvalue weighted by atomic mass is 16.5. The lowest BCUT2D eigenvalue weighted by atomic mass is 10.1. The van der Waals surface area contributed by atoms with Crippen LogP contribution in [-0.2, 0) is 6.42 Å². The first-order valence-corrected chi connectivity index (χ1v) is 10.7. The Bertz CT molecular complexity index is 585. The molecule has 0 spiro atoms. The Kier molecular flexibility index (Phi) is 6.01. The molecule has 3 aliphatic rings. The van der Waals surface area contributed by atoms with Crippen LogP contribution in [-0.4, -0.2) is 68.8 Å². The second kappa shape index (κ2) is 8.62. The summed E-state index contributed by atoms with van der Waals surface area (Å²) in [6, 6.07) is 7.48. The highest BCUT2D eigenvalue weighted by Crippen LogP contribution is 2.32. The minimum absolute atomic E-state index is 0.728. The van der Waals surface area contributed by atoms with E-state index in [0.717, 1.165) is 37.8 Å². The molecule has 144 valence electrons. The number of benzene rings is 1. The first kappa shape index (κ1) is 18.1. The van der Waals surface area contributed by atoms with Gasteiger partial charge >= 0.3 is 0 Å². The summed E-state index contributed by atoms with van der Waals surface area (Å²) in [7, 11) is 2.27. The normalized spacial score (nSPS) is 24.2. The molecule has 0 radical (unpaired) electrons. The third-order valence-corrected chi connectivity index (χ3v) is 6.48. The number of anilines is 1. The van der Waals surface area contributed by atoms with Gasteiger partial charge in [-0.1, -0.05) is 6.42 Å². The minimum Gasteiger partial charge on any atom is -0.494 e. The predicted molar refractivity (Wildman–Crippen MR) is 108 cm³/mol. The van der Waals surface area contributed by atoms with Crippen molar-refractivity contribution in [1.29, 1.82) is 0 Å². The molecule has 0 aliphatic carbocycles. The maximum atomic E-state index is 6.05. The van der Waals surface area contributed by atoms with E-state index in [1.165, 1.54) is 76.1 Å². The molecule has 4 rings (SSSR count). The molecule has 0 aromatic heterocycles. The molecule has 3 aliphatic heterocycles. The average Bonchev–Trinajstić information content (AvgIpc) is 3.26. The number of likely N-dealkylation sites (N-methyl/N-ethyl adjacent to an activating group) is 1. The molecule has 26 heavy (non-hydrogen) atoms. The van der Waals surface area contributed by atoms with E-state index >= 15 is 0 Å². The minimum atomic E-state index is 0.728. The monoisotopic (exact) mass is 357 g/mol. The molecular weight excluding hydrogens is 322 g/mol. The summed E-state index contributed by atoms with van der Waals surface area (Å²) in [5.41, 5.74) is 2.91. The Hall–Kier alpha value is -1.26. The lowest BCUT2D eigenvalue weighted by Gasteiger charge is -2.27. The van der Waals surface area contributed by atoms with E-state index in [0.29, 0.717) is 0 Å². The van der Waals surface area contributed by atoms with Crippen LogP contribution >= 0.6 is 0 Å². The first-order chi connectivity index (χ1) is 12.8. The summed E-state index contributed by atoms with van der Waals surface area (Å²) in [4.78, 5) is 7.70. The predicted octanol–water partition coefficient (Wildman–Crippen LogP) is 3.40. The van der Waals surface area contributed by atoms with Gasteiger partial charge in [0, 0.05) is 31.4 Å². The Balaban J connectivity index is 1.25. The fourth-order valence-corrected chi connectivity index (χ4v) is 4.85. The lowest BCUT2D eigenvalue weighted by Crippen LogP contribution is -2.37. The molecule has 4 heteroatoms. The van der Waals surface area contributed by atoms with E-state index in [2.05, 4.69) is 39.9 Å². The zero-order chi connectivity index (χ0) is 17.8. The van der Waals surface area contributed by atoms with Gasteiger partial charge in [-0.15, -0.1) is 0 Å². The van der Waals surface area contributed by atoms with Gasteiger partial charge in [-0.3, -0.25) is 0 Å². The number of hydrogen-bond acceptors (Lipinski definition) is 4. The van der Waals surface area contributed by atoms with Crippen LogP contribution in [0.3, 0.4) is 0 Å². The van der Waals surface area contributed by atoms with Crippen molar-refractivity contribution in [2.75, 3.05) is 57.8 Å². The summed E-state index contributed by atoms with van der Waals surface area (Å²) in [6.45, 7) is 8.20. The van der Waals surface area contributed by atoms with Gasteiger partial charge in [0.25, 0.3) is 0 Å². The molecule has 3 heterocycles. The van der Waals surface area contributed by atoms with Crippen molar-refractivity contribution in [2.24, 2.45) is 0 Å². The molecule has 0 saturated carbocycles. The lowest BCUT2D eigenvalue weighted by molar-refractivity contribution is 0.205. The molecule has 2 fully saturated rings. The first-order valence-electron chi connectivity index (χ1n) is 10.7. The van der Waals surface area contributed by atoms with Crippen LogP contribution in [0, 0.1) is 0 Å². The Morgan fingerprint density at radius 1 is 1.04 bits per heavy atom. The summed E-state index contributed by atoms with van der Waals surface area (Å²) in [6.07, 6.45) is 9.16. The number of nitrogens with zero attached hydrogens (tertiary/aromatic N) is 3. The van der Waals surface area contributed by atoms with Gasteiger partial charge in [-0.05, 0) is 89.0 Å². The van der Waals surface area contributed by atoms with E-state index in [1.807, 2.05) is 0 Å². The standard InChI is InChI=1S/C22H35N3O/c1-23-11-5-7-20(23)18-25-15-10-19-17-21(8-9-22(19)25)26-16-6-14-24-12-3-2-4-13-24/h8-9,17,20H,2-7,10-16,18H2,1H3/t20-/m0/s1. The molecule has 0 amide bonds. The van der Waals surface area contributed by atoms with Crippen molar-refractivity contribution < 1.29 is 4.74 Å². The van der Waals surface area contributed by atoms with Crippen molar-refractivity contribution in [2.45, 2.75) is 51.0 Å². The number of likely N-dealkylation sites (tertiary alicyclic amines) is 2. The van der Waals surface area contributed by atoms with E-state index in [1.54, 1.807) is 0 Å². The zero-order valence-corrected chi connectivity index (χ0v) is 16.5. The highest BCUT2D eigenvalue weighted by molar-refractivity contribution is 5.60. The fourth-order valence-electron chi connectivity index (χ4n) is 4.85. The van der Waals surface area contributed by atoms with Gasteiger partial charge < -0.3 is 19.4 Å². The van der Waals surface area contributed by atoms with Gasteiger partial charge in [0.2, 0.25) is 0 Å². The number of piperidine rings is 1. The van der Waals surface area contributed by atoms with Gasteiger partial charge in [0.15, 0.2) is 0 Å². The second-order valence-corrected chi connectivity index (χ2v) is 8.37. The molecule has 1 atom stereocenters. The van der Waals surface area contributed by atoms with Gasteiger partial charge in [-0.2, -0.15) is 0 Å². The van der Waals surface area contributed by atoms with Crippen molar-refractivity contribution >= 4 is 5.69 Å². The molecular formula is C22H35N3O. The third kappa shape index (κ3) is 4.34. The maximum Gasteiger partial charge on any atom is 0.119 e. The van der Waals surface area contributed by atoms with Crippen molar-refractivity contribution in [3.63, 3.8) is 0 Å². The summed E-state index contributed by atoms with van der Waals surface area (Å²) in [5.74, 6) is 1.06. The average molecular weight is 358 g/mol. The molecule has 0 unspecified atom stereocenters. The molecule has 0 N–H and O–H groups in total. The van der Waals surface area contributed by atoms with Crippen LogP contribution < -0.4 is 9.64 Å². The van der Waals surface area contributed by atoms with E-state index in [4.69, 9.17) is 4.74 Å². The SMILES string of the molecule is CN1CCC[C@H]1CN1CCc2cc(OCCCN3CCCCC3)ccc21. The van der Waals surface area contributed by atoms with E-state index in [9.17, 15) is 0 Å². The molecule has 2 saturated heterocycles. The Morgan fingerprint density at radius 2 is 1.92 bits per heavy atom. The molecule has 4 nitrogen and oxygen atoms in total. The number of rotatable bonds is 7. The third-order valence-electron chi connectivity index (χ3n) is 6.48. The Morgan fingerprint density at radius 3 is 2.73 bits per heavy atom. The maximum absolute atomic E-state index is 6.05. The molecule has 0 bridgehead atoms. The van der Waals surface area contributed by atoms with Crippen LogP contribution in [0.25, 0.3) is 0 Å². The summed E-state index contributed by atoms with van der Waals surface area (Å²) >= 11 is 0. The van der Waals surface area contributed by atoms with E-state index in [-0.39, 0.29) is 0 Å². The number of hydrogen-bond donors (Lipinski definition) is 0. The van der Waals surface area contributed by atoms with Crippen molar-refractivity contribution in [3.8, 4) is 5.75 Å². The smallest absolute Gasteiger partial charge is 0.119 e. The van der Waals surface area contributed by atoms with Crippen LogP contribution in [0.4, 0.5) is 5.69 Å². The van der Waals surface area contributed by atoms with Crippen LogP contribution in [0.1, 0.15) is 44.1 Å². The van der Waals surface area contributed by atoms with Gasteiger partial charge in [-0.25, -0.2) is 0 Å². The van der Waals surface area contributed by atoms with E-state index < -0.39 is 0 Å². The number of fused-ring (bicyclic) bond motifs is 1. The molecule has 1 aromatic rings. The van der Waals surface area contributed by atoms with Crippen LogP contribution in [0.2, 0.25) is 0 Å². The number of ether oxygens (including phenoxy) is 1.